The topological polar surface area (TPSA) is 74.6 Å². The molecule has 0 aliphatic heterocycles. The number of halogens is 2. The molecule has 2 N–H and O–H groups in total. The normalized spacial score (nSPS) is 51.9. The summed E-state index contributed by atoms with van der Waals surface area (Å²) in [7, 11) is 0. The summed E-state index contributed by atoms with van der Waals surface area (Å²) < 4.78 is 29.9. The number of Topliss-reactive ketones (excluding diaryl/α,β-unsaturated/α-hetero) is 1. The van der Waals surface area contributed by atoms with Crippen LogP contribution in [0.5, 0.6) is 0 Å². The third-order valence-electron chi connectivity index (χ3n) is 8.78. The minimum Gasteiger partial charge on any atom is -0.390 e. The molecule has 150 valence electrons. The lowest BCUT2D eigenvalue weighted by molar-refractivity contribution is -0.226. The molecular formula is C21H28F2O4. The number of allylic oxidation sites excluding steroid dienone is 1. The van der Waals surface area contributed by atoms with Gasteiger partial charge in [-0.1, -0.05) is 19.4 Å². The summed E-state index contributed by atoms with van der Waals surface area (Å²) in [5.41, 5.74) is -4.96. The SMILES string of the molecule is C[C@]12CCC(=O)C=C1CC[C@H]1[C@@H]3CC[C@](O)(C(=O)CF)[C@@]3(C)C[C@@H](O)[C@@]12F. The number of carbonyl (C=O) groups excluding carboxylic acids is 2. The van der Waals surface area contributed by atoms with Gasteiger partial charge in [-0.15, -0.1) is 0 Å². The first-order chi connectivity index (χ1) is 12.5. The molecule has 4 rings (SSSR count). The Hall–Kier alpha value is -1.14. The summed E-state index contributed by atoms with van der Waals surface area (Å²) in [4.78, 5) is 24.1. The van der Waals surface area contributed by atoms with Crippen molar-refractivity contribution in [3.05, 3.63) is 11.6 Å². The number of alkyl halides is 2. The van der Waals surface area contributed by atoms with Crippen LogP contribution >= 0.6 is 0 Å². The van der Waals surface area contributed by atoms with Gasteiger partial charge in [0.25, 0.3) is 0 Å². The van der Waals surface area contributed by atoms with E-state index in [1.165, 1.54) is 0 Å². The van der Waals surface area contributed by atoms with E-state index in [1.54, 1.807) is 19.9 Å². The Bertz CT molecular complexity index is 736. The van der Waals surface area contributed by atoms with Gasteiger partial charge >= 0.3 is 0 Å². The second-order valence-electron chi connectivity index (χ2n) is 9.58. The average molecular weight is 382 g/mol. The Morgan fingerprint density at radius 2 is 1.93 bits per heavy atom. The zero-order chi connectivity index (χ0) is 19.8. The molecule has 0 radical (unpaired) electrons. The third kappa shape index (κ3) is 2.09. The maximum absolute atomic E-state index is 16.8. The van der Waals surface area contributed by atoms with Crippen LogP contribution in [-0.4, -0.2) is 45.8 Å². The van der Waals surface area contributed by atoms with Gasteiger partial charge < -0.3 is 10.2 Å². The standard InChI is InChI=1S/C21H28F2O4/c1-18-7-5-13(24)9-12(18)3-4-15-14-6-8-20(27,17(26)11-22)19(14,2)10-16(25)21(15,18)23/h9,14-16,25,27H,3-8,10-11H2,1-2H3/t14-,15-,16+,18-,19-,20-,21-/m0/s1. The predicted octanol–water partition coefficient (Wildman–Crippen LogP) is 2.85. The molecule has 27 heavy (non-hydrogen) atoms. The van der Waals surface area contributed by atoms with Crippen LogP contribution in [0.2, 0.25) is 0 Å². The third-order valence-corrected chi connectivity index (χ3v) is 8.78. The van der Waals surface area contributed by atoms with Gasteiger partial charge in [0.15, 0.2) is 18.2 Å². The van der Waals surface area contributed by atoms with Crippen LogP contribution in [0.1, 0.15) is 58.8 Å². The lowest BCUT2D eigenvalue weighted by Crippen LogP contribution is -2.69. The molecule has 0 aromatic rings. The molecule has 0 aromatic carbocycles. The first kappa shape index (κ1) is 19.2. The highest BCUT2D eigenvalue weighted by atomic mass is 19.1. The largest absolute Gasteiger partial charge is 0.390 e. The molecule has 0 spiro atoms. The van der Waals surface area contributed by atoms with Crippen molar-refractivity contribution in [2.45, 2.75) is 76.2 Å². The Morgan fingerprint density at radius 1 is 1.22 bits per heavy atom. The van der Waals surface area contributed by atoms with E-state index in [-0.39, 0.29) is 31.0 Å². The summed E-state index contributed by atoms with van der Waals surface area (Å²) in [6, 6.07) is 0. The minimum absolute atomic E-state index is 0.00319. The number of ketones is 2. The minimum atomic E-state index is -1.91. The Kier molecular flexibility index (Phi) is 4.05. The number of aliphatic hydroxyl groups is 2. The van der Waals surface area contributed by atoms with E-state index < -0.39 is 46.6 Å². The van der Waals surface area contributed by atoms with Gasteiger partial charge in [0.2, 0.25) is 0 Å². The van der Waals surface area contributed by atoms with Gasteiger partial charge in [-0.3, -0.25) is 9.59 Å². The zero-order valence-corrected chi connectivity index (χ0v) is 15.9. The van der Waals surface area contributed by atoms with Gasteiger partial charge in [-0.2, -0.15) is 0 Å². The van der Waals surface area contributed by atoms with Crippen molar-refractivity contribution in [1.82, 2.24) is 0 Å². The van der Waals surface area contributed by atoms with E-state index in [0.717, 1.165) is 5.57 Å². The highest BCUT2D eigenvalue weighted by Crippen LogP contribution is 2.70. The molecular weight excluding hydrogens is 354 g/mol. The van der Waals surface area contributed by atoms with Crippen molar-refractivity contribution < 1.29 is 28.6 Å². The molecule has 0 heterocycles. The van der Waals surface area contributed by atoms with Crippen molar-refractivity contribution >= 4 is 11.6 Å². The number of rotatable bonds is 2. The molecule has 0 saturated heterocycles. The summed E-state index contributed by atoms with van der Waals surface area (Å²) >= 11 is 0. The summed E-state index contributed by atoms with van der Waals surface area (Å²) in [6.45, 7) is 2.25. The Morgan fingerprint density at radius 3 is 2.59 bits per heavy atom. The predicted molar refractivity (Wildman–Crippen MR) is 94.4 cm³/mol. The molecule has 6 heteroatoms. The molecule has 0 unspecified atom stereocenters. The number of aliphatic hydroxyl groups excluding tert-OH is 1. The smallest absolute Gasteiger partial charge is 0.195 e. The molecule has 0 bridgehead atoms. The fourth-order valence-corrected chi connectivity index (χ4v) is 7.14. The molecule has 0 aromatic heterocycles. The zero-order valence-electron chi connectivity index (χ0n) is 15.9. The van der Waals surface area contributed by atoms with Crippen LogP contribution in [-0.2, 0) is 9.59 Å². The maximum atomic E-state index is 16.8. The van der Waals surface area contributed by atoms with Crippen LogP contribution in [0.25, 0.3) is 0 Å². The van der Waals surface area contributed by atoms with Crippen molar-refractivity contribution in [1.29, 1.82) is 0 Å². The van der Waals surface area contributed by atoms with E-state index >= 15 is 4.39 Å². The molecule has 4 nitrogen and oxygen atoms in total. The highest BCUT2D eigenvalue weighted by molar-refractivity contribution is 5.92. The van der Waals surface area contributed by atoms with Crippen LogP contribution < -0.4 is 0 Å². The first-order valence-corrected chi connectivity index (χ1v) is 9.97. The van der Waals surface area contributed by atoms with E-state index in [4.69, 9.17) is 0 Å². The molecule has 4 aliphatic rings. The maximum Gasteiger partial charge on any atom is 0.195 e. The van der Waals surface area contributed by atoms with Crippen LogP contribution in [0.4, 0.5) is 8.78 Å². The van der Waals surface area contributed by atoms with E-state index in [1.807, 2.05) is 0 Å². The van der Waals surface area contributed by atoms with Gasteiger partial charge in [-0.05, 0) is 50.5 Å². The lowest BCUT2D eigenvalue weighted by atomic mass is 9.44. The second-order valence-corrected chi connectivity index (χ2v) is 9.58. The average Bonchev–Trinajstić information content (AvgIpc) is 2.88. The molecule has 4 aliphatic carbocycles. The number of hydrogen-bond acceptors (Lipinski definition) is 4. The molecule has 3 saturated carbocycles. The van der Waals surface area contributed by atoms with E-state index in [0.29, 0.717) is 25.7 Å². The number of carbonyl (C=O) groups is 2. The van der Waals surface area contributed by atoms with Crippen LogP contribution in [0.3, 0.4) is 0 Å². The first-order valence-electron chi connectivity index (χ1n) is 9.97. The van der Waals surface area contributed by atoms with Crippen LogP contribution in [0.15, 0.2) is 11.6 Å². The van der Waals surface area contributed by atoms with Crippen molar-refractivity contribution in [2.24, 2.45) is 22.7 Å². The Balaban J connectivity index is 1.80. The number of fused-ring (bicyclic) bond motifs is 5. The molecule has 3 fully saturated rings. The van der Waals surface area contributed by atoms with E-state index in [9.17, 15) is 24.2 Å². The highest BCUT2D eigenvalue weighted by Gasteiger charge is 2.74. The van der Waals surface area contributed by atoms with Crippen LogP contribution in [0, 0.1) is 22.7 Å². The second kappa shape index (κ2) is 5.69. The van der Waals surface area contributed by atoms with Gasteiger partial charge in [0.1, 0.15) is 11.3 Å². The van der Waals surface area contributed by atoms with Crippen molar-refractivity contribution in [2.75, 3.05) is 6.67 Å². The Labute approximate surface area is 158 Å². The van der Waals surface area contributed by atoms with E-state index in [2.05, 4.69) is 0 Å². The molecule has 0 amide bonds. The van der Waals surface area contributed by atoms with Gasteiger partial charge in [0.05, 0.1) is 6.10 Å². The molecule has 7 atom stereocenters. The lowest BCUT2D eigenvalue weighted by Gasteiger charge is -2.63. The quantitative estimate of drug-likeness (QED) is 0.770. The van der Waals surface area contributed by atoms with Crippen molar-refractivity contribution in [3.8, 4) is 0 Å². The number of hydrogen-bond donors (Lipinski definition) is 2. The monoisotopic (exact) mass is 382 g/mol. The fraction of sp³-hybridized carbons (Fsp3) is 0.810. The van der Waals surface area contributed by atoms with Gasteiger partial charge in [-0.25, -0.2) is 8.78 Å². The summed E-state index contributed by atoms with van der Waals surface area (Å²) in [5, 5.41) is 22.1. The van der Waals surface area contributed by atoms with Gasteiger partial charge in [0, 0.05) is 23.2 Å². The summed E-state index contributed by atoms with van der Waals surface area (Å²) in [5.74, 6) is -1.69. The van der Waals surface area contributed by atoms with Crippen molar-refractivity contribution in [3.63, 3.8) is 0 Å². The summed E-state index contributed by atoms with van der Waals surface area (Å²) in [6.07, 6.45) is 2.31. The fourth-order valence-electron chi connectivity index (χ4n) is 7.14.